The number of nitrogens with zero attached hydrogens (tertiary/aromatic N) is 1. The van der Waals surface area contributed by atoms with Gasteiger partial charge in [-0.1, -0.05) is 17.7 Å². The molecule has 0 atom stereocenters. The molecule has 1 aliphatic rings. The number of amides is 1. The highest BCUT2D eigenvalue weighted by molar-refractivity contribution is 5.90. The monoisotopic (exact) mass is 372 g/mol. The summed E-state index contributed by atoms with van der Waals surface area (Å²) in [4.78, 5) is 16.0. The van der Waals surface area contributed by atoms with Crippen LogP contribution in [-0.4, -0.2) is 32.1 Å². The predicted octanol–water partition coefficient (Wildman–Crippen LogP) is 3.60. The van der Waals surface area contributed by atoms with Gasteiger partial charge >= 0.3 is 0 Å². The van der Waals surface area contributed by atoms with E-state index < -0.39 is 0 Å². The molecular formula is C21H32N4O2. The molecule has 0 spiro atoms. The third kappa shape index (κ3) is 7.33. The van der Waals surface area contributed by atoms with E-state index in [0.717, 1.165) is 31.0 Å². The van der Waals surface area contributed by atoms with Crippen LogP contribution in [0.3, 0.4) is 0 Å². The zero-order valence-electron chi connectivity index (χ0n) is 16.7. The SMILES string of the molecule is CCNC(=NCc1ccc(OC)c(NC(C)=O)c1)NCCC1=CCCCC1. The molecule has 1 amide bonds. The number of anilines is 1. The van der Waals surface area contributed by atoms with Gasteiger partial charge in [0, 0.05) is 20.0 Å². The lowest BCUT2D eigenvalue weighted by Crippen LogP contribution is -2.37. The second-order valence-electron chi connectivity index (χ2n) is 6.70. The number of nitrogens with one attached hydrogen (secondary N) is 3. The van der Waals surface area contributed by atoms with E-state index >= 15 is 0 Å². The normalized spacial score (nSPS) is 14.3. The van der Waals surface area contributed by atoms with Gasteiger partial charge < -0.3 is 20.7 Å². The van der Waals surface area contributed by atoms with Crippen molar-refractivity contribution in [1.29, 1.82) is 0 Å². The average molecular weight is 373 g/mol. The van der Waals surface area contributed by atoms with Crippen LogP contribution in [0.2, 0.25) is 0 Å². The highest BCUT2D eigenvalue weighted by atomic mass is 16.5. The van der Waals surface area contributed by atoms with E-state index in [-0.39, 0.29) is 5.91 Å². The Bertz CT molecular complexity index is 683. The van der Waals surface area contributed by atoms with Crippen LogP contribution in [0.25, 0.3) is 0 Å². The molecule has 0 bridgehead atoms. The molecule has 3 N–H and O–H groups in total. The van der Waals surface area contributed by atoms with Crippen molar-refractivity contribution in [2.75, 3.05) is 25.5 Å². The van der Waals surface area contributed by atoms with E-state index in [4.69, 9.17) is 4.74 Å². The molecule has 0 radical (unpaired) electrons. The van der Waals surface area contributed by atoms with Gasteiger partial charge in [0.2, 0.25) is 5.91 Å². The van der Waals surface area contributed by atoms with E-state index in [9.17, 15) is 4.79 Å². The summed E-state index contributed by atoms with van der Waals surface area (Å²) in [6.07, 6.45) is 8.54. The van der Waals surface area contributed by atoms with Crippen molar-refractivity contribution in [2.45, 2.75) is 52.5 Å². The first-order valence-electron chi connectivity index (χ1n) is 9.77. The molecule has 0 aliphatic heterocycles. The molecule has 1 aliphatic carbocycles. The molecule has 0 unspecified atom stereocenters. The third-order valence-corrected chi connectivity index (χ3v) is 4.46. The number of rotatable bonds is 8. The Morgan fingerprint density at radius 3 is 2.78 bits per heavy atom. The number of carbonyl (C=O) groups is 1. The summed E-state index contributed by atoms with van der Waals surface area (Å²) in [5.41, 5.74) is 3.23. The molecule has 0 saturated carbocycles. The number of ether oxygens (including phenoxy) is 1. The van der Waals surface area contributed by atoms with E-state index in [1.54, 1.807) is 12.7 Å². The molecule has 2 rings (SSSR count). The summed E-state index contributed by atoms with van der Waals surface area (Å²) >= 11 is 0. The molecule has 1 aromatic rings. The number of benzene rings is 1. The van der Waals surface area contributed by atoms with Gasteiger partial charge in [-0.15, -0.1) is 0 Å². The molecule has 27 heavy (non-hydrogen) atoms. The Labute approximate surface area is 162 Å². The van der Waals surface area contributed by atoms with E-state index in [0.29, 0.717) is 18.0 Å². The molecule has 0 fully saturated rings. The van der Waals surface area contributed by atoms with Gasteiger partial charge in [0.1, 0.15) is 5.75 Å². The van der Waals surface area contributed by atoms with Gasteiger partial charge in [-0.05, 0) is 56.7 Å². The summed E-state index contributed by atoms with van der Waals surface area (Å²) in [7, 11) is 1.59. The summed E-state index contributed by atoms with van der Waals surface area (Å²) in [5, 5.41) is 9.49. The largest absolute Gasteiger partial charge is 0.495 e. The first-order chi connectivity index (χ1) is 13.1. The minimum absolute atomic E-state index is 0.124. The van der Waals surface area contributed by atoms with Crippen LogP contribution in [0.4, 0.5) is 5.69 Å². The highest BCUT2D eigenvalue weighted by Gasteiger charge is 2.07. The van der Waals surface area contributed by atoms with Gasteiger partial charge in [-0.2, -0.15) is 0 Å². The zero-order valence-corrected chi connectivity index (χ0v) is 16.7. The van der Waals surface area contributed by atoms with Crippen LogP contribution in [0.1, 0.15) is 51.5 Å². The fourth-order valence-electron chi connectivity index (χ4n) is 3.13. The first kappa shape index (κ1) is 20.8. The lowest BCUT2D eigenvalue weighted by atomic mass is 9.97. The van der Waals surface area contributed by atoms with Crippen LogP contribution in [0, 0.1) is 0 Å². The Morgan fingerprint density at radius 2 is 2.11 bits per heavy atom. The molecule has 6 heteroatoms. The molecule has 6 nitrogen and oxygen atoms in total. The van der Waals surface area contributed by atoms with E-state index in [1.165, 1.54) is 32.6 Å². The maximum atomic E-state index is 11.4. The van der Waals surface area contributed by atoms with Crippen molar-refractivity contribution in [2.24, 2.45) is 4.99 Å². The van der Waals surface area contributed by atoms with Gasteiger partial charge in [0.15, 0.2) is 5.96 Å². The van der Waals surface area contributed by atoms with Crippen molar-refractivity contribution in [3.63, 3.8) is 0 Å². The number of guanidine groups is 1. The smallest absolute Gasteiger partial charge is 0.221 e. The predicted molar refractivity (Wildman–Crippen MR) is 111 cm³/mol. The van der Waals surface area contributed by atoms with E-state index in [2.05, 4.69) is 33.9 Å². The molecule has 0 aromatic heterocycles. The zero-order chi connectivity index (χ0) is 19.5. The first-order valence-corrected chi connectivity index (χ1v) is 9.77. The number of carbonyl (C=O) groups excluding carboxylic acids is 1. The fourth-order valence-corrected chi connectivity index (χ4v) is 3.13. The minimum Gasteiger partial charge on any atom is -0.495 e. The highest BCUT2D eigenvalue weighted by Crippen LogP contribution is 2.25. The van der Waals surface area contributed by atoms with Crippen LogP contribution in [-0.2, 0) is 11.3 Å². The van der Waals surface area contributed by atoms with Crippen LogP contribution < -0.4 is 20.7 Å². The van der Waals surface area contributed by atoms with Crippen molar-refractivity contribution in [1.82, 2.24) is 10.6 Å². The Hall–Kier alpha value is -2.50. The van der Waals surface area contributed by atoms with Gasteiger partial charge in [0.05, 0.1) is 19.3 Å². The number of hydrogen-bond donors (Lipinski definition) is 3. The molecular weight excluding hydrogens is 340 g/mol. The second kappa shape index (κ2) is 11.3. The Balaban J connectivity index is 1.96. The second-order valence-corrected chi connectivity index (χ2v) is 6.70. The average Bonchev–Trinajstić information content (AvgIpc) is 2.66. The molecule has 148 valence electrons. The van der Waals surface area contributed by atoms with Crippen LogP contribution >= 0.6 is 0 Å². The van der Waals surface area contributed by atoms with Crippen molar-refractivity contribution in [3.8, 4) is 5.75 Å². The lowest BCUT2D eigenvalue weighted by Gasteiger charge is -2.15. The maximum Gasteiger partial charge on any atom is 0.221 e. The maximum absolute atomic E-state index is 11.4. The number of aliphatic imine (C=N–C) groups is 1. The standard InChI is InChI=1S/C21H32N4O2/c1-4-22-21(23-13-12-17-8-6-5-7-9-17)24-15-18-10-11-20(27-3)19(14-18)25-16(2)26/h8,10-11,14H,4-7,9,12-13,15H2,1-3H3,(H,25,26)(H2,22,23,24). The Morgan fingerprint density at radius 1 is 1.26 bits per heavy atom. The minimum atomic E-state index is -0.124. The topological polar surface area (TPSA) is 74.8 Å². The van der Waals surface area contributed by atoms with Gasteiger partial charge in [-0.3, -0.25) is 4.79 Å². The molecule has 0 saturated heterocycles. The quantitative estimate of drug-likeness (QED) is 0.370. The third-order valence-electron chi connectivity index (χ3n) is 4.46. The molecule has 1 aromatic carbocycles. The van der Waals surface area contributed by atoms with Gasteiger partial charge in [-0.25, -0.2) is 4.99 Å². The summed E-state index contributed by atoms with van der Waals surface area (Å²) in [5.74, 6) is 1.33. The Kier molecular flexibility index (Phi) is 8.68. The summed E-state index contributed by atoms with van der Waals surface area (Å²) in [6, 6.07) is 5.72. The summed E-state index contributed by atoms with van der Waals surface area (Å²) < 4.78 is 5.30. The lowest BCUT2D eigenvalue weighted by molar-refractivity contribution is -0.114. The summed E-state index contributed by atoms with van der Waals surface area (Å²) in [6.45, 7) is 5.77. The number of allylic oxidation sites excluding steroid dienone is 1. The number of methoxy groups -OCH3 is 1. The van der Waals surface area contributed by atoms with Crippen LogP contribution in [0.15, 0.2) is 34.8 Å². The van der Waals surface area contributed by atoms with E-state index in [1.807, 2.05) is 18.2 Å². The fraction of sp³-hybridized carbons (Fsp3) is 0.524. The number of hydrogen-bond acceptors (Lipinski definition) is 3. The van der Waals surface area contributed by atoms with Gasteiger partial charge in [0.25, 0.3) is 0 Å². The van der Waals surface area contributed by atoms with Crippen molar-refractivity contribution in [3.05, 3.63) is 35.4 Å². The van der Waals surface area contributed by atoms with Crippen LogP contribution in [0.5, 0.6) is 5.75 Å². The molecule has 0 heterocycles. The van der Waals surface area contributed by atoms with Crippen molar-refractivity contribution >= 4 is 17.6 Å². The van der Waals surface area contributed by atoms with Crippen molar-refractivity contribution < 1.29 is 9.53 Å².